The number of benzene rings is 3. The standard InChI is InChI=1S/C27H21BrO4/c1-3-16-9-11-18(12-10-16)23(29)26(2)22-20-15-19(28)13-14-21(20)32-25(31)27(22,26)24(30)17-7-5-4-6-8-17/h4-15,22H,3H2,1-2H3/t22-,26-,27+/m1/s1. The Bertz CT molecular complexity index is 1260. The van der Waals surface area contributed by atoms with E-state index < -0.39 is 22.7 Å². The summed E-state index contributed by atoms with van der Waals surface area (Å²) in [5.41, 5.74) is -0.151. The van der Waals surface area contributed by atoms with E-state index in [1.807, 2.05) is 31.2 Å². The highest BCUT2D eigenvalue weighted by Gasteiger charge is 2.87. The average Bonchev–Trinajstić information content (AvgIpc) is 3.42. The van der Waals surface area contributed by atoms with Crippen molar-refractivity contribution in [3.63, 3.8) is 0 Å². The molecule has 0 aromatic heterocycles. The molecule has 1 aliphatic heterocycles. The maximum absolute atomic E-state index is 13.9. The molecule has 0 amide bonds. The molecule has 3 aromatic carbocycles. The van der Waals surface area contributed by atoms with Crippen molar-refractivity contribution in [2.75, 3.05) is 0 Å². The van der Waals surface area contributed by atoms with E-state index in [0.29, 0.717) is 22.4 Å². The summed E-state index contributed by atoms with van der Waals surface area (Å²) in [6.07, 6.45) is 0.860. The second-order valence-corrected chi connectivity index (χ2v) is 9.51. The number of carbonyl (C=O) groups excluding carboxylic acids is 3. The first kappa shape index (κ1) is 20.8. The molecule has 160 valence electrons. The summed E-state index contributed by atoms with van der Waals surface area (Å²) < 4.78 is 6.47. The van der Waals surface area contributed by atoms with Crippen molar-refractivity contribution < 1.29 is 19.1 Å². The number of aryl methyl sites for hydroxylation is 1. The number of rotatable bonds is 5. The lowest BCUT2D eigenvalue weighted by atomic mass is 9.82. The van der Waals surface area contributed by atoms with Gasteiger partial charge in [0.2, 0.25) is 0 Å². The molecule has 1 fully saturated rings. The number of carbonyl (C=O) groups is 3. The number of Topliss-reactive ketones (excluding diaryl/α,β-unsaturated/α-hetero) is 2. The number of esters is 1. The Hall–Kier alpha value is -3.05. The molecule has 4 nitrogen and oxygen atoms in total. The minimum Gasteiger partial charge on any atom is -0.425 e. The zero-order chi connectivity index (χ0) is 22.7. The first-order valence-electron chi connectivity index (χ1n) is 10.6. The molecule has 1 aliphatic carbocycles. The molecule has 0 unspecified atom stereocenters. The van der Waals surface area contributed by atoms with Crippen LogP contribution in [-0.2, 0) is 11.2 Å². The summed E-state index contributed by atoms with van der Waals surface area (Å²) in [6, 6.07) is 21.4. The Morgan fingerprint density at radius 1 is 0.938 bits per heavy atom. The first-order chi connectivity index (χ1) is 15.4. The maximum atomic E-state index is 13.9. The largest absolute Gasteiger partial charge is 0.425 e. The van der Waals surface area contributed by atoms with Gasteiger partial charge in [-0.2, -0.15) is 0 Å². The van der Waals surface area contributed by atoms with Crippen LogP contribution < -0.4 is 4.74 Å². The number of halogens is 1. The van der Waals surface area contributed by atoms with Gasteiger partial charge in [-0.3, -0.25) is 14.4 Å². The SMILES string of the molecule is CCc1ccc(C(=O)[C@@]2(C)[C@H]3c4cc(Br)ccc4OC(=O)[C@@]32C(=O)c2ccccc2)cc1. The molecule has 1 heterocycles. The minimum absolute atomic E-state index is 0.223. The van der Waals surface area contributed by atoms with Crippen LogP contribution in [0.25, 0.3) is 0 Å². The quantitative estimate of drug-likeness (QED) is 0.197. The van der Waals surface area contributed by atoms with E-state index in [1.54, 1.807) is 55.5 Å². The fourth-order valence-electron chi connectivity index (χ4n) is 5.29. The van der Waals surface area contributed by atoms with Gasteiger partial charge in [-0.05, 0) is 30.2 Å². The molecule has 3 aromatic rings. The molecule has 0 spiro atoms. The molecule has 1 saturated carbocycles. The summed E-state index contributed by atoms with van der Waals surface area (Å²) in [5, 5.41) is 0. The third-order valence-corrected chi connectivity index (χ3v) is 7.54. The summed E-state index contributed by atoms with van der Waals surface area (Å²) in [7, 11) is 0. The highest BCUT2D eigenvalue weighted by molar-refractivity contribution is 9.10. The molecule has 0 radical (unpaired) electrons. The van der Waals surface area contributed by atoms with Gasteiger partial charge in [0.25, 0.3) is 0 Å². The van der Waals surface area contributed by atoms with Crippen molar-refractivity contribution in [2.24, 2.45) is 10.8 Å². The average molecular weight is 489 g/mol. The third kappa shape index (κ3) is 2.64. The predicted molar refractivity (Wildman–Crippen MR) is 124 cm³/mol. The Labute approximate surface area is 194 Å². The van der Waals surface area contributed by atoms with E-state index in [-0.39, 0.29) is 11.6 Å². The molecule has 0 bridgehead atoms. The van der Waals surface area contributed by atoms with Gasteiger partial charge in [0, 0.05) is 27.1 Å². The van der Waals surface area contributed by atoms with Gasteiger partial charge in [-0.15, -0.1) is 0 Å². The van der Waals surface area contributed by atoms with Crippen molar-refractivity contribution in [1.82, 2.24) is 0 Å². The third-order valence-electron chi connectivity index (χ3n) is 7.04. The van der Waals surface area contributed by atoms with Crippen molar-refractivity contribution in [3.8, 4) is 5.75 Å². The Kier molecular flexibility index (Phi) is 4.71. The van der Waals surface area contributed by atoms with Gasteiger partial charge in [0.1, 0.15) is 5.75 Å². The summed E-state index contributed by atoms with van der Waals surface area (Å²) in [4.78, 5) is 41.2. The molecule has 2 aliphatic rings. The number of hydrogen-bond donors (Lipinski definition) is 0. The second kappa shape index (κ2) is 7.24. The number of ketones is 2. The van der Waals surface area contributed by atoms with Gasteiger partial charge >= 0.3 is 5.97 Å². The highest BCUT2D eigenvalue weighted by atomic mass is 79.9. The zero-order valence-corrected chi connectivity index (χ0v) is 19.3. The maximum Gasteiger partial charge on any atom is 0.327 e. The summed E-state index contributed by atoms with van der Waals surface area (Å²) in [5.74, 6) is -1.46. The topological polar surface area (TPSA) is 60.4 Å². The molecule has 5 rings (SSSR count). The molecule has 0 N–H and O–H groups in total. The van der Waals surface area contributed by atoms with Crippen LogP contribution in [0.2, 0.25) is 0 Å². The van der Waals surface area contributed by atoms with E-state index in [9.17, 15) is 14.4 Å². The van der Waals surface area contributed by atoms with Crippen molar-refractivity contribution >= 4 is 33.5 Å². The molecule has 5 heteroatoms. The smallest absolute Gasteiger partial charge is 0.327 e. The second-order valence-electron chi connectivity index (χ2n) is 8.59. The molecular formula is C27H21BrO4. The molecular weight excluding hydrogens is 468 g/mol. The van der Waals surface area contributed by atoms with E-state index >= 15 is 0 Å². The normalized spacial score (nSPS) is 25.3. The first-order valence-corrected chi connectivity index (χ1v) is 11.4. The lowest BCUT2D eigenvalue weighted by Crippen LogP contribution is -2.39. The van der Waals surface area contributed by atoms with Gasteiger partial charge in [-0.1, -0.05) is 84.4 Å². The minimum atomic E-state index is -1.59. The van der Waals surface area contributed by atoms with Gasteiger partial charge in [-0.25, -0.2) is 0 Å². The highest BCUT2D eigenvalue weighted by Crippen LogP contribution is 2.79. The van der Waals surface area contributed by atoms with Crippen LogP contribution in [0.4, 0.5) is 0 Å². The Morgan fingerprint density at radius 2 is 1.59 bits per heavy atom. The summed E-state index contributed by atoms with van der Waals surface area (Å²) in [6.45, 7) is 3.78. The van der Waals surface area contributed by atoms with Crippen LogP contribution >= 0.6 is 15.9 Å². The number of ether oxygens (including phenoxy) is 1. The monoisotopic (exact) mass is 488 g/mol. The van der Waals surface area contributed by atoms with Gasteiger partial charge in [0.15, 0.2) is 17.0 Å². The van der Waals surface area contributed by atoms with Gasteiger partial charge < -0.3 is 4.74 Å². The van der Waals surface area contributed by atoms with Crippen molar-refractivity contribution in [2.45, 2.75) is 26.2 Å². The zero-order valence-electron chi connectivity index (χ0n) is 17.7. The van der Waals surface area contributed by atoms with Crippen LogP contribution in [0.1, 0.15) is 51.6 Å². The van der Waals surface area contributed by atoms with Crippen LogP contribution in [0.5, 0.6) is 5.75 Å². The van der Waals surface area contributed by atoms with E-state index in [4.69, 9.17) is 4.74 Å². The van der Waals surface area contributed by atoms with E-state index in [2.05, 4.69) is 15.9 Å². The lowest BCUT2D eigenvalue weighted by molar-refractivity contribution is -0.140. The Morgan fingerprint density at radius 3 is 2.25 bits per heavy atom. The number of fused-ring (bicyclic) bond motifs is 3. The van der Waals surface area contributed by atoms with E-state index in [0.717, 1.165) is 16.5 Å². The molecule has 3 atom stereocenters. The predicted octanol–water partition coefficient (Wildman–Crippen LogP) is 5.79. The van der Waals surface area contributed by atoms with Crippen LogP contribution in [0, 0.1) is 10.8 Å². The van der Waals surface area contributed by atoms with Crippen molar-refractivity contribution in [1.29, 1.82) is 0 Å². The van der Waals surface area contributed by atoms with Crippen LogP contribution in [0.3, 0.4) is 0 Å². The van der Waals surface area contributed by atoms with E-state index in [1.165, 1.54) is 0 Å². The van der Waals surface area contributed by atoms with Crippen molar-refractivity contribution in [3.05, 3.63) is 99.5 Å². The molecule has 0 saturated heterocycles. The summed E-state index contributed by atoms with van der Waals surface area (Å²) >= 11 is 3.48. The fourth-order valence-corrected chi connectivity index (χ4v) is 5.67. The van der Waals surface area contributed by atoms with Crippen LogP contribution in [0.15, 0.2) is 77.3 Å². The van der Waals surface area contributed by atoms with Gasteiger partial charge in [0.05, 0.1) is 5.41 Å². The molecule has 32 heavy (non-hydrogen) atoms. The Balaban J connectivity index is 1.70. The number of hydrogen-bond acceptors (Lipinski definition) is 4. The lowest BCUT2D eigenvalue weighted by Gasteiger charge is -2.23. The fraction of sp³-hybridized carbons (Fsp3) is 0.222. The van der Waals surface area contributed by atoms with Crippen LogP contribution in [-0.4, -0.2) is 17.5 Å².